The molecule has 0 aliphatic carbocycles. The molecule has 2 N–H and O–H groups in total. The molecule has 3 nitrogen and oxygen atoms in total. The fourth-order valence-corrected chi connectivity index (χ4v) is 2.58. The van der Waals surface area contributed by atoms with Crippen molar-refractivity contribution in [1.29, 1.82) is 0 Å². The molecule has 1 aromatic rings. The normalized spacial score (nSPS) is 19.4. The van der Waals surface area contributed by atoms with Gasteiger partial charge >= 0.3 is 0 Å². The average Bonchev–Trinajstić information content (AvgIpc) is 2.23. The lowest BCUT2D eigenvalue weighted by molar-refractivity contribution is 0.0644. The van der Waals surface area contributed by atoms with E-state index in [0.29, 0.717) is 22.5 Å². The SMILES string of the molecule is CC1(C)COCCN1c1cc(F)c(I)cc1N. The van der Waals surface area contributed by atoms with Crippen LogP contribution in [0.15, 0.2) is 12.1 Å². The molecular formula is C12H16FIN2O. The minimum atomic E-state index is -0.225. The summed E-state index contributed by atoms with van der Waals surface area (Å²) >= 11 is 1.95. The van der Waals surface area contributed by atoms with Crippen molar-refractivity contribution >= 4 is 34.0 Å². The molecule has 0 bridgehead atoms. The van der Waals surface area contributed by atoms with Crippen molar-refractivity contribution in [2.75, 3.05) is 30.4 Å². The molecule has 94 valence electrons. The third-order valence-corrected chi connectivity index (χ3v) is 3.83. The number of nitrogens with two attached hydrogens (primary N) is 1. The maximum Gasteiger partial charge on any atom is 0.138 e. The molecule has 0 amide bonds. The summed E-state index contributed by atoms with van der Waals surface area (Å²) in [6.07, 6.45) is 0. The summed E-state index contributed by atoms with van der Waals surface area (Å²) < 4.78 is 19.6. The lowest BCUT2D eigenvalue weighted by atomic mass is 10.0. The molecular weight excluding hydrogens is 334 g/mol. The molecule has 0 saturated carbocycles. The number of hydrogen-bond acceptors (Lipinski definition) is 3. The van der Waals surface area contributed by atoms with Gasteiger partial charge in [-0.3, -0.25) is 0 Å². The monoisotopic (exact) mass is 350 g/mol. The van der Waals surface area contributed by atoms with Gasteiger partial charge in [0.05, 0.1) is 33.7 Å². The molecule has 0 aromatic heterocycles. The minimum Gasteiger partial charge on any atom is -0.397 e. The number of nitrogen functional groups attached to an aromatic ring is 1. The summed E-state index contributed by atoms with van der Waals surface area (Å²) in [4.78, 5) is 2.12. The summed E-state index contributed by atoms with van der Waals surface area (Å²) in [5.74, 6) is -0.225. The third-order valence-electron chi connectivity index (χ3n) is 3.01. The Bertz CT molecular complexity index is 437. The number of nitrogens with zero attached hydrogens (tertiary/aromatic N) is 1. The van der Waals surface area contributed by atoms with Crippen LogP contribution in [0.2, 0.25) is 0 Å². The van der Waals surface area contributed by atoms with E-state index in [-0.39, 0.29) is 11.4 Å². The van der Waals surface area contributed by atoms with E-state index in [1.807, 2.05) is 22.6 Å². The first-order valence-electron chi connectivity index (χ1n) is 5.52. The van der Waals surface area contributed by atoms with Crippen LogP contribution in [0.4, 0.5) is 15.8 Å². The van der Waals surface area contributed by atoms with Crippen LogP contribution < -0.4 is 10.6 Å². The topological polar surface area (TPSA) is 38.5 Å². The highest BCUT2D eigenvalue weighted by Crippen LogP contribution is 2.33. The van der Waals surface area contributed by atoms with E-state index < -0.39 is 0 Å². The first-order valence-corrected chi connectivity index (χ1v) is 6.59. The van der Waals surface area contributed by atoms with Gasteiger partial charge in [-0.25, -0.2) is 4.39 Å². The largest absolute Gasteiger partial charge is 0.397 e. The smallest absolute Gasteiger partial charge is 0.138 e. The zero-order chi connectivity index (χ0) is 12.6. The third kappa shape index (κ3) is 2.49. The van der Waals surface area contributed by atoms with Crippen LogP contribution in [0.1, 0.15) is 13.8 Å². The van der Waals surface area contributed by atoms with Crippen LogP contribution in [0.3, 0.4) is 0 Å². The van der Waals surface area contributed by atoms with E-state index in [9.17, 15) is 4.39 Å². The number of rotatable bonds is 1. The standard InChI is InChI=1S/C12H16FIN2O/c1-12(2)7-17-4-3-16(12)11-5-8(13)9(14)6-10(11)15/h5-6H,3-4,7,15H2,1-2H3. The molecule has 0 spiro atoms. The van der Waals surface area contributed by atoms with Crippen molar-refractivity contribution in [3.63, 3.8) is 0 Å². The van der Waals surface area contributed by atoms with Gasteiger partial charge in [0, 0.05) is 12.6 Å². The van der Waals surface area contributed by atoms with Gasteiger partial charge in [-0.15, -0.1) is 0 Å². The lowest BCUT2D eigenvalue weighted by Gasteiger charge is -2.44. The molecule has 1 aromatic carbocycles. The molecule has 1 fully saturated rings. The van der Waals surface area contributed by atoms with Crippen molar-refractivity contribution < 1.29 is 9.13 Å². The number of morpholine rings is 1. The van der Waals surface area contributed by atoms with Crippen LogP contribution in [0.25, 0.3) is 0 Å². The van der Waals surface area contributed by atoms with E-state index in [2.05, 4.69) is 18.7 Å². The Morgan fingerprint density at radius 3 is 2.82 bits per heavy atom. The minimum absolute atomic E-state index is 0.161. The van der Waals surface area contributed by atoms with Gasteiger partial charge in [0.25, 0.3) is 0 Å². The highest BCUT2D eigenvalue weighted by Gasteiger charge is 2.32. The molecule has 0 radical (unpaired) electrons. The molecule has 0 atom stereocenters. The number of anilines is 2. The molecule has 1 aliphatic rings. The summed E-state index contributed by atoms with van der Waals surface area (Å²) in [6, 6.07) is 3.20. The van der Waals surface area contributed by atoms with E-state index in [0.717, 1.165) is 12.2 Å². The molecule has 17 heavy (non-hydrogen) atoms. The van der Waals surface area contributed by atoms with Gasteiger partial charge in [-0.05, 0) is 42.5 Å². The second-order valence-electron chi connectivity index (χ2n) is 4.84. The van der Waals surface area contributed by atoms with E-state index in [1.165, 1.54) is 6.07 Å². The Hall–Kier alpha value is -0.560. The van der Waals surface area contributed by atoms with Crippen molar-refractivity contribution in [3.05, 3.63) is 21.5 Å². The highest BCUT2D eigenvalue weighted by molar-refractivity contribution is 14.1. The predicted molar refractivity (Wildman–Crippen MR) is 75.8 cm³/mol. The van der Waals surface area contributed by atoms with Crippen molar-refractivity contribution in [2.24, 2.45) is 0 Å². The Morgan fingerprint density at radius 1 is 1.47 bits per heavy atom. The van der Waals surface area contributed by atoms with Crippen LogP contribution in [-0.2, 0) is 4.74 Å². The Labute approximate surface area is 114 Å². The summed E-state index contributed by atoms with van der Waals surface area (Å²) in [5, 5.41) is 0. The van der Waals surface area contributed by atoms with E-state index in [4.69, 9.17) is 10.5 Å². The Balaban J connectivity index is 2.42. The lowest BCUT2D eigenvalue weighted by Crippen LogP contribution is -2.53. The quantitative estimate of drug-likeness (QED) is 0.625. The van der Waals surface area contributed by atoms with Gasteiger partial charge in [-0.1, -0.05) is 0 Å². The van der Waals surface area contributed by atoms with Gasteiger partial charge in [0.15, 0.2) is 0 Å². The fraction of sp³-hybridized carbons (Fsp3) is 0.500. The maximum atomic E-state index is 13.6. The van der Waals surface area contributed by atoms with Gasteiger partial charge in [-0.2, -0.15) is 0 Å². The zero-order valence-electron chi connectivity index (χ0n) is 9.96. The summed E-state index contributed by atoms with van der Waals surface area (Å²) in [5.41, 5.74) is 7.20. The van der Waals surface area contributed by atoms with Crippen molar-refractivity contribution in [3.8, 4) is 0 Å². The first-order chi connectivity index (χ1) is 7.92. The van der Waals surface area contributed by atoms with E-state index in [1.54, 1.807) is 6.07 Å². The molecule has 2 rings (SSSR count). The van der Waals surface area contributed by atoms with Crippen molar-refractivity contribution in [1.82, 2.24) is 0 Å². The van der Waals surface area contributed by atoms with E-state index >= 15 is 0 Å². The van der Waals surface area contributed by atoms with Crippen LogP contribution in [0, 0.1) is 9.39 Å². The fourth-order valence-electron chi connectivity index (χ4n) is 2.09. The van der Waals surface area contributed by atoms with Gasteiger partial charge in [0.1, 0.15) is 5.82 Å². The average molecular weight is 350 g/mol. The number of benzene rings is 1. The molecule has 1 heterocycles. The Morgan fingerprint density at radius 2 is 2.18 bits per heavy atom. The number of ether oxygens (including phenoxy) is 1. The summed E-state index contributed by atoms with van der Waals surface area (Å²) in [6.45, 7) is 6.15. The molecule has 1 aliphatic heterocycles. The first kappa shape index (κ1) is 12.9. The second kappa shape index (κ2) is 4.61. The number of halogens is 2. The van der Waals surface area contributed by atoms with Crippen LogP contribution in [-0.4, -0.2) is 25.3 Å². The van der Waals surface area contributed by atoms with Crippen molar-refractivity contribution in [2.45, 2.75) is 19.4 Å². The highest BCUT2D eigenvalue weighted by atomic mass is 127. The maximum absolute atomic E-state index is 13.6. The predicted octanol–water partition coefficient (Wildman–Crippen LogP) is 2.63. The second-order valence-corrected chi connectivity index (χ2v) is 6.00. The zero-order valence-corrected chi connectivity index (χ0v) is 12.1. The molecule has 0 unspecified atom stereocenters. The summed E-state index contributed by atoms with van der Waals surface area (Å²) in [7, 11) is 0. The van der Waals surface area contributed by atoms with Gasteiger partial charge < -0.3 is 15.4 Å². The Kier molecular flexibility index (Phi) is 3.49. The van der Waals surface area contributed by atoms with Crippen LogP contribution >= 0.6 is 22.6 Å². The van der Waals surface area contributed by atoms with Gasteiger partial charge in [0.2, 0.25) is 0 Å². The molecule has 5 heteroatoms. The number of hydrogen-bond donors (Lipinski definition) is 1. The molecule has 1 saturated heterocycles. The van der Waals surface area contributed by atoms with Crippen LogP contribution in [0.5, 0.6) is 0 Å².